The fourth-order valence-corrected chi connectivity index (χ4v) is 8.75. The molecule has 7 aromatic carbocycles. The Hall–Kier alpha value is -6.10. The largest absolute Gasteiger partial charge is 0.291 e. The minimum atomic E-state index is 1.01. The Kier molecular flexibility index (Phi) is 5.26. The molecule has 11 aromatic rings. The summed E-state index contributed by atoms with van der Waals surface area (Å²) in [6.45, 7) is 0. The lowest BCUT2D eigenvalue weighted by atomic mass is 9.99. The minimum Gasteiger partial charge on any atom is -0.291 e. The van der Waals surface area contributed by atoms with E-state index in [0.717, 1.165) is 44.4 Å². The average molecular weight is 628 g/mol. The summed E-state index contributed by atoms with van der Waals surface area (Å²) < 4.78 is 4.88. The predicted molar refractivity (Wildman–Crippen MR) is 204 cm³/mol. The molecule has 0 radical (unpaired) electrons. The van der Waals surface area contributed by atoms with Crippen molar-refractivity contribution in [1.29, 1.82) is 0 Å². The number of fused-ring (bicyclic) bond motifs is 12. The quantitative estimate of drug-likeness (QED) is 0.179. The molecular weight excluding hydrogens is 603 g/mol. The van der Waals surface area contributed by atoms with Gasteiger partial charge in [-0.1, -0.05) is 109 Å². The van der Waals surface area contributed by atoms with Gasteiger partial charge in [-0.05, 0) is 80.0 Å². The average Bonchev–Trinajstić information content (AvgIpc) is 3.70. The number of hydrogen-bond donors (Lipinski definition) is 0. The molecule has 0 spiro atoms. The van der Waals surface area contributed by atoms with Crippen molar-refractivity contribution in [1.82, 2.24) is 14.4 Å². The normalized spacial score (nSPS) is 12.2. The molecule has 0 saturated heterocycles. The Morgan fingerprint density at radius 1 is 0.458 bits per heavy atom. The Bertz CT molecular complexity index is 3110. The highest BCUT2D eigenvalue weighted by Crippen LogP contribution is 2.42. The molecule has 48 heavy (non-hydrogen) atoms. The van der Waals surface area contributed by atoms with Crippen LogP contribution in [0.15, 0.2) is 152 Å². The van der Waals surface area contributed by atoms with Crippen LogP contribution < -0.4 is 0 Å². The van der Waals surface area contributed by atoms with E-state index in [4.69, 9.17) is 9.97 Å². The van der Waals surface area contributed by atoms with Crippen molar-refractivity contribution in [3.63, 3.8) is 0 Å². The van der Waals surface area contributed by atoms with Gasteiger partial charge in [0.25, 0.3) is 0 Å². The third-order valence-electron chi connectivity index (χ3n) is 9.95. The molecule has 0 fully saturated rings. The van der Waals surface area contributed by atoms with Crippen molar-refractivity contribution in [2.45, 2.75) is 0 Å². The third kappa shape index (κ3) is 3.75. The first-order valence-electron chi connectivity index (χ1n) is 16.2. The molecule has 4 heterocycles. The SMILES string of the molecule is c1ccc2cc3c(cc2c1)nc1c2sc4cc5ccccc5cc4c2cc(-c2ccc(-c4ccc5c(c4)ncc4ccccc45)cc2)n31. The van der Waals surface area contributed by atoms with Gasteiger partial charge in [0.2, 0.25) is 0 Å². The number of hydrogen-bond acceptors (Lipinski definition) is 3. The molecule has 0 atom stereocenters. The van der Waals surface area contributed by atoms with Crippen LogP contribution >= 0.6 is 11.3 Å². The van der Waals surface area contributed by atoms with Crippen LogP contribution in [-0.4, -0.2) is 14.4 Å². The topological polar surface area (TPSA) is 30.2 Å². The second-order valence-electron chi connectivity index (χ2n) is 12.7. The van der Waals surface area contributed by atoms with Crippen LogP contribution in [0.1, 0.15) is 0 Å². The van der Waals surface area contributed by atoms with E-state index in [1.54, 1.807) is 0 Å². The monoisotopic (exact) mass is 627 g/mol. The lowest BCUT2D eigenvalue weighted by Crippen LogP contribution is -1.93. The minimum absolute atomic E-state index is 1.01. The summed E-state index contributed by atoms with van der Waals surface area (Å²) in [7, 11) is 0. The van der Waals surface area contributed by atoms with Gasteiger partial charge in [0.1, 0.15) is 0 Å². The van der Waals surface area contributed by atoms with E-state index in [1.807, 2.05) is 17.5 Å². The van der Waals surface area contributed by atoms with Crippen molar-refractivity contribution in [2.24, 2.45) is 0 Å². The Morgan fingerprint density at radius 3 is 1.94 bits per heavy atom. The van der Waals surface area contributed by atoms with E-state index in [2.05, 4.69) is 150 Å². The summed E-state index contributed by atoms with van der Waals surface area (Å²) in [6.07, 6.45) is 1.97. The standard InChI is InChI=1S/C44H25N3S/c1-4-10-31-23-42-36(19-28(31)7-1)37-24-40(47-41-22-30-9-3-2-8-29(30)21-39(41)46-44(47)43(37)48-42)27-15-13-26(14-16-27)32-17-18-35-34-12-6-5-11-33(34)25-45-38(35)20-32/h1-25H. The predicted octanol–water partition coefficient (Wildman–Crippen LogP) is 12.2. The van der Waals surface area contributed by atoms with Crippen LogP contribution in [-0.2, 0) is 0 Å². The number of benzene rings is 7. The van der Waals surface area contributed by atoms with Crippen LogP contribution in [0.3, 0.4) is 0 Å². The van der Waals surface area contributed by atoms with Crippen LogP contribution in [0.25, 0.3) is 102 Å². The number of thiophene rings is 1. The fourth-order valence-electron chi connectivity index (χ4n) is 7.56. The molecule has 0 N–H and O–H groups in total. The zero-order valence-electron chi connectivity index (χ0n) is 25.7. The number of aromatic nitrogens is 3. The van der Waals surface area contributed by atoms with Crippen LogP contribution in [0.4, 0.5) is 0 Å². The van der Waals surface area contributed by atoms with Gasteiger partial charge in [0, 0.05) is 32.4 Å². The van der Waals surface area contributed by atoms with Gasteiger partial charge in [0.15, 0.2) is 5.65 Å². The highest BCUT2D eigenvalue weighted by Gasteiger charge is 2.19. The molecule has 222 valence electrons. The number of imidazole rings is 1. The molecule has 0 aliphatic carbocycles. The smallest absolute Gasteiger partial charge is 0.156 e. The van der Waals surface area contributed by atoms with E-state index in [0.29, 0.717) is 0 Å². The van der Waals surface area contributed by atoms with E-state index in [9.17, 15) is 0 Å². The Morgan fingerprint density at radius 2 is 1.12 bits per heavy atom. The summed E-state index contributed by atoms with van der Waals surface area (Å²) in [5.74, 6) is 0. The van der Waals surface area contributed by atoms with Gasteiger partial charge in [-0.15, -0.1) is 11.3 Å². The van der Waals surface area contributed by atoms with Gasteiger partial charge in [0.05, 0.1) is 26.9 Å². The summed E-state index contributed by atoms with van der Waals surface area (Å²) in [6, 6.07) is 52.8. The van der Waals surface area contributed by atoms with Gasteiger partial charge in [-0.25, -0.2) is 4.98 Å². The van der Waals surface area contributed by atoms with E-state index in [-0.39, 0.29) is 0 Å². The molecule has 4 heteroatoms. The first kappa shape index (κ1) is 26.0. The zero-order chi connectivity index (χ0) is 31.3. The van der Waals surface area contributed by atoms with Crippen molar-refractivity contribution in [3.8, 4) is 22.4 Å². The summed E-state index contributed by atoms with van der Waals surface area (Å²) in [5, 5.41) is 11.1. The van der Waals surface area contributed by atoms with Crippen molar-refractivity contribution < 1.29 is 0 Å². The third-order valence-corrected chi connectivity index (χ3v) is 11.1. The highest BCUT2D eigenvalue weighted by molar-refractivity contribution is 7.26. The molecule has 0 aliphatic rings. The second kappa shape index (κ2) is 9.71. The van der Waals surface area contributed by atoms with Gasteiger partial charge in [-0.3, -0.25) is 9.38 Å². The van der Waals surface area contributed by atoms with Crippen LogP contribution in [0.2, 0.25) is 0 Å². The maximum absolute atomic E-state index is 5.33. The maximum atomic E-state index is 5.33. The molecule has 0 aliphatic heterocycles. The highest BCUT2D eigenvalue weighted by atomic mass is 32.1. The second-order valence-corrected chi connectivity index (χ2v) is 13.7. The van der Waals surface area contributed by atoms with Crippen molar-refractivity contribution in [3.05, 3.63) is 152 Å². The van der Waals surface area contributed by atoms with Crippen molar-refractivity contribution >= 4 is 91.4 Å². The zero-order valence-corrected chi connectivity index (χ0v) is 26.5. The van der Waals surface area contributed by atoms with Gasteiger partial charge in [-0.2, -0.15) is 0 Å². The first-order valence-corrected chi connectivity index (χ1v) is 17.0. The van der Waals surface area contributed by atoms with Gasteiger partial charge >= 0.3 is 0 Å². The van der Waals surface area contributed by atoms with Crippen LogP contribution in [0, 0.1) is 0 Å². The molecule has 0 bridgehead atoms. The number of nitrogens with zero attached hydrogens (tertiary/aromatic N) is 3. The van der Waals surface area contributed by atoms with E-state index >= 15 is 0 Å². The van der Waals surface area contributed by atoms with Crippen LogP contribution in [0.5, 0.6) is 0 Å². The first-order chi connectivity index (χ1) is 23.7. The molecule has 0 saturated carbocycles. The molecule has 4 aromatic heterocycles. The Labute approximate surface area is 279 Å². The van der Waals surface area contributed by atoms with E-state index in [1.165, 1.54) is 58.1 Å². The number of rotatable bonds is 2. The van der Waals surface area contributed by atoms with Crippen molar-refractivity contribution in [2.75, 3.05) is 0 Å². The fraction of sp³-hybridized carbons (Fsp3) is 0. The molecule has 3 nitrogen and oxygen atoms in total. The van der Waals surface area contributed by atoms with Gasteiger partial charge < -0.3 is 0 Å². The summed E-state index contributed by atoms with van der Waals surface area (Å²) >= 11 is 1.84. The molecule has 0 unspecified atom stereocenters. The van der Waals surface area contributed by atoms with E-state index < -0.39 is 0 Å². The maximum Gasteiger partial charge on any atom is 0.156 e. The molecule has 0 amide bonds. The molecular formula is C44H25N3S. The summed E-state index contributed by atoms with van der Waals surface area (Å²) in [5.41, 5.74) is 8.78. The lowest BCUT2D eigenvalue weighted by molar-refractivity contribution is 1.25. The number of pyridine rings is 2. The molecule has 11 rings (SSSR count). The lowest BCUT2D eigenvalue weighted by Gasteiger charge is -2.11. The summed E-state index contributed by atoms with van der Waals surface area (Å²) in [4.78, 5) is 10.1. The Balaban J connectivity index is 1.14.